The summed E-state index contributed by atoms with van der Waals surface area (Å²) in [4.78, 5) is 0. The molecule has 6 heteroatoms. The lowest BCUT2D eigenvalue weighted by molar-refractivity contribution is -0.179. The van der Waals surface area contributed by atoms with Gasteiger partial charge in [-0.05, 0) is 18.8 Å². The van der Waals surface area contributed by atoms with Crippen molar-refractivity contribution in [3.8, 4) is 0 Å². The standard InChI is InChI=1S/C10H16F3NO2/c11-10(12,13)8(14)7-1-3-16-9(5-7)2-4-15-6-9/h7-8H,1-6,14H2. The van der Waals surface area contributed by atoms with Gasteiger partial charge in [0, 0.05) is 19.6 Å². The number of halogens is 3. The average Bonchev–Trinajstić information content (AvgIpc) is 2.64. The predicted octanol–water partition coefficient (Wildman–Crippen LogP) is 1.46. The molecule has 2 aliphatic heterocycles. The Bertz CT molecular complexity index is 251. The van der Waals surface area contributed by atoms with Gasteiger partial charge in [0.15, 0.2) is 0 Å². The van der Waals surface area contributed by atoms with Gasteiger partial charge >= 0.3 is 6.18 Å². The average molecular weight is 239 g/mol. The van der Waals surface area contributed by atoms with Gasteiger partial charge in [-0.25, -0.2) is 0 Å². The smallest absolute Gasteiger partial charge is 0.378 e. The van der Waals surface area contributed by atoms with Crippen molar-refractivity contribution >= 4 is 0 Å². The van der Waals surface area contributed by atoms with Gasteiger partial charge in [0.25, 0.3) is 0 Å². The van der Waals surface area contributed by atoms with Crippen LogP contribution in [-0.2, 0) is 9.47 Å². The van der Waals surface area contributed by atoms with Crippen LogP contribution in [0.1, 0.15) is 19.3 Å². The second kappa shape index (κ2) is 4.16. The van der Waals surface area contributed by atoms with E-state index in [2.05, 4.69) is 0 Å². The van der Waals surface area contributed by atoms with Gasteiger partial charge < -0.3 is 15.2 Å². The van der Waals surface area contributed by atoms with Crippen molar-refractivity contribution < 1.29 is 22.6 Å². The highest BCUT2D eigenvalue weighted by molar-refractivity contribution is 4.94. The Balaban J connectivity index is 2.01. The summed E-state index contributed by atoms with van der Waals surface area (Å²) in [7, 11) is 0. The van der Waals surface area contributed by atoms with E-state index in [9.17, 15) is 13.2 Å². The maximum Gasteiger partial charge on any atom is 0.403 e. The van der Waals surface area contributed by atoms with Crippen LogP contribution < -0.4 is 5.73 Å². The maximum absolute atomic E-state index is 12.5. The Morgan fingerprint density at radius 2 is 2.06 bits per heavy atom. The van der Waals surface area contributed by atoms with Gasteiger partial charge in [-0.3, -0.25) is 0 Å². The first-order valence-corrected chi connectivity index (χ1v) is 5.47. The first-order valence-electron chi connectivity index (χ1n) is 5.47. The van der Waals surface area contributed by atoms with E-state index in [4.69, 9.17) is 15.2 Å². The second-order valence-electron chi connectivity index (χ2n) is 4.65. The molecule has 2 N–H and O–H groups in total. The van der Waals surface area contributed by atoms with Crippen molar-refractivity contribution in [3.63, 3.8) is 0 Å². The molecule has 3 nitrogen and oxygen atoms in total. The quantitative estimate of drug-likeness (QED) is 0.753. The summed E-state index contributed by atoms with van der Waals surface area (Å²) in [6, 6.07) is -1.74. The normalized spacial score (nSPS) is 37.9. The van der Waals surface area contributed by atoms with Gasteiger partial charge in [-0.1, -0.05) is 0 Å². The second-order valence-corrected chi connectivity index (χ2v) is 4.65. The number of ether oxygens (including phenoxy) is 2. The molecular formula is C10H16F3NO2. The van der Waals surface area contributed by atoms with Gasteiger partial charge in [0.1, 0.15) is 6.04 Å². The largest absolute Gasteiger partial charge is 0.403 e. The van der Waals surface area contributed by atoms with E-state index in [1.165, 1.54) is 0 Å². The summed E-state index contributed by atoms with van der Waals surface area (Å²) in [5.41, 5.74) is 4.75. The van der Waals surface area contributed by atoms with Crippen LogP contribution in [0.3, 0.4) is 0 Å². The minimum Gasteiger partial charge on any atom is -0.378 e. The fourth-order valence-electron chi connectivity index (χ4n) is 2.50. The molecule has 16 heavy (non-hydrogen) atoms. The number of alkyl halides is 3. The Morgan fingerprint density at radius 3 is 2.62 bits per heavy atom. The Hall–Kier alpha value is -0.330. The predicted molar refractivity (Wildman–Crippen MR) is 50.9 cm³/mol. The molecule has 0 bridgehead atoms. The van der Waals surface area contributed by atoms with Crippen LogP contribution in [0.4, 0.5) is 13.2 Å². The molecule has 0 amide bonds. The fraction of sp³-hybridized carbons (Fsp3) is 1.00. The van der Waals surface area contributed by atoms with Crippen LogP contribution in [0.2, 0.25) is 0 Å². The first kappa shape index (κ1) is 12.1. The third-order valence-electron chi connectivity index (χ3n) is 3.48. The third kappa shape index (κ3) is 2.33. The molecule has 94 valence electrons. The molecule has 0 aliphatic carbocycles. The fourth-order valence-corrected chi connectivity index (χ4v) is 2.50. The number of nitrogens with two attached hydrogens (primary N) is 1. The monoisotopic (exact) mass is 239 g/mol. The Labute approximate surface area is 92.1 Å². The van der Waals surface area contributed by atoms with Crippen LogP contribution in [0.25, 0.3) is 0 Å². The summed E-state index contributed by atoms with van der Waals surface area (Å²) in [5.74, 6) is -0.546. The molecule has 2 saturated heterocycles. The highest BCUT2D eigenvalue weighted by atomic mass is 19.4. The third-order valence-corrected chi connectivity index (χ3v) is 3.48. The van der Waals surface area contributed by atoms with Crippen molar-refractivity contribution in [2.45, 2.75) is 37.1 Å². The molecule has 2 aliphatic rings. The van der Waals surface area contributed by atoms with E-state index < -0.39 is 23.7 Å². The Morgan fingerprint density at radius 1 is 1.31 bits per heavy atom. The van der Waals surface area contributed by atoms with Crippen molar-refractivity contribution in [1.82, 2.24) is 0 Å². The molecular weight excluding hydrogens is 223 g/mol. The van der Waals surface area contributed by atoms with Crippen LogP contribution in [0.15, 0.2) is 0 Å². The zero-order valence-corrected chi connectivity index (χ0v) is 8.93. The van der Waals surface area contributed by atoms with E-state index in [0.29, 0.717) is 39.1 Å². The van der Waals surface area contributed by atoms with Crippen LogP contribution >= 0.6 is 0 Å². The number of hydrogen-bond acceptors (Lipinski definition) is 3. The molecule has 0 aromatic carbocycles. The van der Waals surface area contributed by atoms with Crippen LogP contribution in [0, 0.1) is 5.92 Å². The molecule has 0 aromatic heterocycles. The van der Waals surface area contributed by atoms with Crippen LogP contribution in [-0.4, -0.2) is 37.6 Å². The van der Waals surface area contributed by atoms with E-state index >= 15 is 0 Å². The summed E-state index contributed by atoms with van der Waals surface area (Å²) < 4.78 is 48.3. The lowest BCUT2D eigenvalue weighted by Crippen LogP contribution is -2.51. The summed E-state index contributed by atoms with van der Waals surface area (Å²) in [5, 5.41) is 0. The highest BCUT2D eigenvalue weighted by Crippen LogP contribution is 2.39. The lowest BCUT2D eigenvalue weighted by atomic mass is 9.81. The minimum atomic E-state index is -4.32. The van der Waals surface area contributed by atoms with E-state index in [-0.39, 0.29) is 0 Å². The van der Waals surface area contributed by atoms with E-state index in [1.807, 2.05) is 0 Å². The minimum absolute atomic E-state index is 0.345. The molecule has 0 radical (unpaired) electrons. The molecule has 3 atom stereocenters. The lowest BCUT2D eigenvalue weighted by Gasteiger charge is -2.39. The maximum atomic E-state index is 12.5. The number of rotatable bonds is 1. The van der Waals surface area contributed by atoms with E-state index in [1.54, 1.807) is 0 Å². The van der Waals surface area contributed by atoms with Gasteiger partial charge in [0.05, 0.1) is 12.2 Å². The van der Waals surface area contributed by atoms with E-state index in [0.717, 1.165) is 0 Å². The van der Waals surface area contributed by atoms with Crippen molar-refractivity contribution in [3.05, 3.63) is 0 Å². The molecule has 0 saturated carbocycles. The van der Waals surface area contributed by atoms with Crippen molar-refractivity contribution in [2.24, 2.45) is 11.7 Å². The molecule has 2 rings (SSSR count). The molecule has 1 spiro atoms. The topological polar surface area (TPSA) is 44.5 Å². The number of hydrogen-bond donors (Lipinski definition) is 1. The van der Waals surface area contributed by atoms with Crippen molar-refractivity contribution in [1.29, 1.82) is 0 Å². The molecule has 2 fully saturated rings. The summed E-state index contributed by atoms with van der Waals surface area (Å²) in [6.07, 6.45) is -2.91. The molecule has 0 aromatic rings. The molecule has 2 heterocycles. The zero-order chi connectivity index (χ0) is 11.8. The first-order chi connectivity index (χ1) is 7.43. The molecule has 3 unspecified atom stereocenters. The SMILES string of the molecule is NC(C1CCOC2(CCOC2)C1)C(F)(F)F. The summed E-state index contributed by atoms with van der Waals surface area (Å²) in [6.45, 7) is 1.31. The highest BCUT2D eigenvalue weighted by Gasteiger charge is 2.48. The van der Waals surface area contributed by atoms with Gasteiger partial charge in [-0.15, -0.1) is 0 Å². The van der Waals surface area contributed by atoms with Gasteiger partial charge in [0.2, 0.25) is 0 Å². The Kier molecular flexibility index (Phi) is 3.16. The summed E-state index contributed by atoms with van der Waals surface area (Å²) >= 11 is 0. The van der Waals surface area contributed by atoms with Gasteiger partial charge in [-0.2, -0.15) is 13.2 Å². The zero-order valence-electron chi connectivity index (χ0n) is 8.93. The van der Waals surface area contributed by atoms with Crippen LogP contribution in [0.5, 0.6) is 0 Å². The van der Waals surface area contributed by atoms with Crippen molar-refractivity contribution in [2.75, 3.05) is 19.8 Å².